The molecule has 2 atom stereocenters. The van der Waals surface area contributed by atoms with Crippen LogP contribution in [0.4, 0.5) is 0 Å². The van der Waals surface area contributed by atoms with Crippen molar-refractivity contribution in [2.75, 3.05) is 6.61 Å². The zero-order valence-corrected chi connectivity index (χ0v) is 13.6. The lowest BCUT2D eigenvalue weighted by atomic mass is 9.85. The lowest BCUT2D eigenvalue weighted by Gasteiger charge is -2.24. The Hall–Kier alpha value is -1.42. The van der Waals surface area contributed by atoms with Gasteiger partial charge < -0.3 is 10.1 Å². The van der Waals surface area contributed by atoms with Crippen molar-refractivity contribution in [2.24, 2.45) is 11.8 Å². The van der Waals surface area contributed by atoms with Gasteiger partial charge in [-0.15, -0.1) is 0 Å². The highest BCUT2D eigenvalue weighted by Gasteiger charge is 2.19. The number of hydrogen-bond donors (Lipinski definition) is 1. The maximum Gasteiger partial charge on any atom is 0.316 e. The summed E-state index contributed by atoms with van der Waals surface area (Å²) in [5.74, 6) is 1.24. The van der Waals surface area contributed by atoms with E-state index in [0.29, 0.717) is 30.5 Å². The second-order valence-electron chi connectivity index (χ2n) is 6.29. The van der Waals surface area contributed by atoms with Crippen LogP contribution in [0, 0.1) is 18.8 Å². The molecule has 4 nitrogen and oxygen atoms in total. The van der Waals surface area contributed by atoms with E-state index in [1.807, 2.05) is 13.1 Å². The predicted molar refractivity (Wildman–Crippen MR) is 85.3 cm³/mol. The van der Waals surface area contributed by atoms with Crippen molar-refractivity contribution in [1.82, 2.24) is 15.3 Å². The van der Waals surface area contributed by atoms with Gasteiger partial charge in [0, 0.05) is 30.0 Å². The van der Waals surface area contributed by atoms with E-state index in [1.165, 1.54) is 0 Å². The fourth-order valence-electron chi connectivity index (χ4n) is 2.45. The maximum atomic E-state index is 5.80. The summed E-state index contributed by atoms with van der Waals surface area (Å²) in [5.41, 5.74) is 2.12. The average Bonchev–Trinajstić information content (AvgIpc) is 2.45. The molecule has 1 aliphatic carbocycles. The first-order valence-corrected chi connectivity index (χ1v) is 7.90. The number of aryl methyl sites for hydroxylation is 1. The largest absolute Gasteiger partial charge is 0.463 e. The van der Waals surface area contributed by atoms with Gasteiger partial charge in [0.15, 0.2) is 0 Å². The van der Waals surface area contributed by atoms with Crippen molar-refractivity contribution >= 4 is 0 Å². The van der Waals surface area contributed by atoms with Crippen LogP contribution in [0.25, 0.3) is 0 Å². The van der Waals surface area contributed by atoms with Crippen molar-refractivity contribution in [3.8, 4) is 6.01 Å². The molecule has 1 aromatic rings. The van der Waals surface area contributed by atoms with Crippen LogP contribution >= 0.6 is 0 Å². The third-order valence-electron chi connectivity index (χ3n) is 4.10. The molecule has 0 saturated heterocycles. The summed E-state index contributed by atoms with van der Waals surface area (Å²) >= 11 is 0. The molecule has 2 rings (SSSR count). The third-order valence-corrected chi connectivity index (χ3v) is 4.10. The molecule has 0 fully saturated rings. The first kappa shape index (κ1) is 16.0. The Balaban J connectivity index is 1.89. The highest BCUT2D eigenvalue weighted by molar-refractivity contribution is 5.17. The van der Waals surface area contributed by atoms with Gasteiger partial charge in [-0.1, -0.05) is 32.9 Å². The molecule has 1 N–H and O–H groups in total. The second kappa shape index (κ2) is 7.55. The van der Waals surface area contributed by atoms with Gasteiger partial charge in [-0.3, -0.25) is 0 Å². The molecule has 1 heterocycles. The molecule has 116 valence electrons. The van der Waals surface area contributed by atoms with Crippen LogP contribution in [0.2, 0.25) is 0 Å². The lowest BCUT2D eigenvalue weighted by Crippen LogP contribution is -2.23. The zero-order valence-electron chi connectivity index (χ0n) is 13.6. The maximum absolute atomic E-state index is 5.80. The van der Waals surface area contributed by atoms with Crippen molar-refractivity contribution in [1.29, 1.82) is 0 Å². The second-order valence-corrected chi connectivity index (χ2v) is 6.29. The number of rotatable bonds is 6. The van der Waals surface area contributed by atoms with Crippen LogP contribution in [0.15, 0.2) is 18.3 Å². The smallest absolute Gasteiger partial charge is 0.316 e. The molecule has 21 heavy (non-hydrogen) atoms. The van der Waals surface area contributed by atoms with E-state index in [4.69, 9.17) is 4.74 Å². The van der Waals surface area contributed by atoms with Gasteiger partial charge in [0.2, 0.25) is 0 Å². The molecule has 2 unspecified atom stereocenters. The van der Waals surface area contributed by atoms with Crippen molar-refractivity contribution in [2.45, 2.75) is 53.1 Å². The molecule has 0 spiro atoms. The van der Waals surface area contributed by atoms with Crippen LogP contribution in [0.3, 0.4) is 0 Å². The molecule has 4 heteroatoms. The van der Waals surface area contributed by atoms with E-state index in [9.17, 15) is 0 Å². The first-order chi connectivity index (χ1) is 10.1. The van der Waals surface area contributed by atoms with Gasteiger partial charge >= 0.3 is 6.01 Å². The van der Waals surface area contributed by atoms with E-state index >= 15 is 0 Å². The van der Waals surface area contributed by atoms with Crippen molar-refractivity contribution in [3.05, 3.63) is 29.6 Å². The molecule has 0 bridgehead atoms. The van der Waals surface area contributed by atoms with Gasteiger partial charge in [0.25, 0.3) is 0 Å². The molecule has 0 amide bonds. The van der Waals surface area contributed by atoms with E-state index in [0.717, 1.165) is 30.6 Å². The number of nitrogens with one attached hydrogen (secondary N) is 1. The number of aromatic nitrogens is 2. The van der Waals surface area contributed by atoms with Gasteiger partial charge in [0.05, 0.1) is 6.61 Å². The fraction of sp³-hybridized carbons (Fsp3) is 0.647. The Morgan fingerprint density at radius 1 is 1.33 bits per heavy atom. The Labute approximate surface area is 128 Å². The van der Waals surface area contributed by atoms with Crippen LogP contribution in [-0.2, 0) is 6.54 Å². The SMILES string of the molecule is Cc1nc(OCC2CC=CCC2C)ncc1CNC(C)C. The monoisotopic (exact) mass is 289 g/mol. The van der Waals surface area contributed by atoms with Gasteiger partial charge in [-0.05, 0) is 31.6 Å². The van der Waals surface area contributed by atoms with Crippen molar-refractivity contribution in [3.63, 3.8) is 0 Å². The molecule has 0 aromatic carbocycles. The van der Waals surface area contributed by atoms with Crippen LogP contribution in [0.5, 0.6) is 6.01 Å². The summed E-state index contributed by atoms with van der Waals surface area (Å²) < 4.78 is 5.80. The van der Waals surface area contributed by atoms with Crippen LogP contribution in [-0.4, -0.2) is 22.6 Å². The Morgan fingerprint density at radius 3 is 2.76 bits per heavy atom. The number of hydrogen-bond acceptors (Lipinski definition) is 4. The normalized spacial score (nSPS) is 21.8. The first-order valence-electron chi connectivity index (χ1n) is 7.90. The van der Waals surface area contributed by atoms with E-state index < -0.39 is 0 Å². The quantitative estimate of drug-likeness (QED) is 0.817. The summed E-state index contributed by atoms with van der Waals surface area (Å²) in [7, 11) is 0. The molecule has 0 saturated carbocycles. The third kappa shape index (κ3) is 4.81. The highest BCUT2D eigenvalue weighted by Crippen LogP contribution is 2.25. The number of ether oxygens (including phenoxy) is 1. The van der Waals surface area contributed by atoms with E-state index in [1.54, 1.807) is 0 Å². The van der Waals surface area contributed by atoms with Crippen LogP contribution < -0.4 is 10.1 Å². The average molecular weight is 289 g/mol. The fourth-order valence-corrected chi connectivity index (χ4v) is 2.45. The Bertz CT molecular complexity index is 485. The summed E-state index contributed by atoms with van der Waals surface area (Å²) in [4.78, 5) is 8.80. The Morgan fingerprint density at radius 2 is 2.10 bits per heavy atom. The van der Waals surface area contributed by atoms with Gasteiger partial charge in [-0.2, -0.15) is 0 Å². The summed E-state index contributed by atoms with van der Waals surface area (Å²) in [6.07, 6.45) is 8.63. The highest BCUT2D eigenvalue weighted by atomic mass is 16.5. The van der Waals surface area contributed by atoms with Gasteiger partial charge in [0.1, 0.15) is 0 Å². The standard InChI is InChI=1S/C17H27N3O/c1-12(2)18-9-16-10-19-17(20-14(16)4)21-11-15-8-6-5-7-13(15)3/h5-6,10,12-13,15,18H,7-9,11H2,1-4H3. The lowest BCUT2D eigenvalue weighted by molar-refractivity contribution is 0.186. The molecular weight excluding hydrogens is 262 g/mol. The summed E-state index contributed by atoms with van der Waals surface area (Å²) in [6, 6.07) is 0.962. The minimum atomic E-state index is 0.459. The van der Waals surface area contributed by atoms with E-state index in [2.05, 4.69) is 48.2 Å². The number of allylic oxidation sites excluding steroid dienone is 2. The predicted octanol–water partition coefficient (Wildman–Crippen LogP) is 3.26. The molecular formula is C17H27N3O. The number of nitrogens with zero attached hydrogens (tertiary/aromatic N) is 2. The zero-order chi connectivity index (χ0) is 15.2. The molecule has 1 aliphatic rings. The summed E-state index contributed by atoms with van der Waals surface area (Å²) in [6.45, 7) is 10.1. The molecule has 0 aliphatic heterocycles. The van der Waals surface area contributed by atoms with Crippen molar-refractivity contribution < 1.29 is 4.74 Å². The Kier molecular flexibility index (Phi) is 5.74. The van der Waals surface area contributed by atoms with E-state index in [-0.39, 0.29) is 0 Å². The molecule has 0 radical (unpaired) electrons. The van der Waals surface area contributed by atoms with Gasteiger partial charge in [-0.25, -0.2) is 9.97 Å². The van der Waals surface area contributed by atoms with Crippen LogP contribution in [0.1, 0.15) is 44.9 Å². The topological polar surface area (TPSA) is 47.0 Å². The minimum absolute atomic E-state index is 0.459. The minimum Gasteiger partial charge on any atom is -0.463 e. The summed E-state index contributed by atoms with van der Waals surface area (Å²) in [5, 5.41) is 3.38. The molecule has 1 aromatic heterocycles.